The molecule has 0 bridgehead atoms. The maximum atomic E-state index is 5.12. The number of hydrogen-bond donors (Lipinski definition) is 2. The lowest BCUT2D eigenvalue weighted by Crippen LogP contribution is -2.34. The summed E-state index contributed by atoms with van der Waals surface area (Å²) < 4.78 is 0. The van der Waals surface area contributed by atoms with Gasteiger partial charge in [0.1, 0.15) is 0 Å². The van der Waals surface area contributed by atoms with Gasteiger partial charge in [-0.3, -0.25) is 4.98 Å². The molecule has 0 aromatic carbocycles. The molecule has 0 saturated carbocycles. The second kappa shape index (κ2) is 4.91. The van der Waals surface area contributed by atoms with E-state index in [1.807, 2.05) is 32.9 Å². The van der Waals surface area contributed by atoms with Gasteiger partial charge in [0.25, 0.3) is 0 Å². The molecule has 0 amide bonds. The van der Waals surface area contributed by atoms with Crippen molar-refractivity contribution in [1.29, 1.82) is 0 Å². The average Bonchev–Trinajstić information content (AvgIpc) is 2.07. The molecule has 0 aliphatic heterocycles. The van der Waals surface area contributed by atoms with Crippen molar-refractivity contribution in [2.45, 2.75) is 26.8 Å². The van der Waals surface area contributed by atoms with Crippen LogP contribution in [0.15, 0.2) is 18.3 Å². The largest absolute Gasteiger partial charge is 0.360 e. The fourth-order valence-corrected chi connectivity index (χ4v) is 1.38. The summed E-state index contributed by atoms with van der Waals surface area (Å²) in [5, 5.41) is 6.85. The fraction of sp³-hybridized carbons (Fsp3) is 0.400. The SMILES string of the molecule is Cc1ncccc1NC(=S)NC(C)C. The zero-order chi connectivity index (χ0) is 10.6. The molecule has 14 heavy (non-hydrogen) atoms. The highest BCUT2D eigenvalue weighted by Gasteiger charge is 2.01. The number of hydrogen-bond acceptors (Lipinski definition) is 2. The van der Waals surface area contributed by atoms with Crippen molar-refractivity contribution in [3.8, 4) is 0 Å². The third kappa shape index (κ3) is 3.30. The van der Waals surface area contributed by atoms with Gasteiger partial charge in [0.15, 0.2) is 5.11 Å². The van der Waals surface area contributed by atoms with Gasteiger partial charge < -0.3 is 10.6 Å². The Morgan fingerprint density at radius 2 is 2.21 bits per heavy atom. The van der Waals surface area contributed by atoms with Crippen LogP contribution < -0.4 is 10.6 Å². The van der Waals surface area contributed by atoms with Crippen LogP contribution in [0, 0.1) is 6.92 Å². The third-order valence-electron chi connectivity index (χ3n) is 1.67. The van der Waals surface area contributed by atoms with Crippen LogP contribution >= 0.6 is 12.2 Å². The fourth-order valence-electron chi connectivity index (χ4n) is 1.04. The number of pyridine rings is 1. The molecule has 1 rings (SSSR count). The minimum Gasteiger partial charge on any atom is -0.360 e. The molecule has 1 aromatic heterocycles. The molecule has 0 spiro atoms. The first-order valence-corrected chi connectivity index (χ1v) is 4.99. The van der Waals surface area contributed by atoms with E-state index in [1.165, 1.54) is 0 Å². The first kappa shape index (κ1) is 10.9. The first-order chi connectivity index (χ1) is 6.59. The van der Waals surface area contributed by atoms with Crippen LogP contribution in [0.5, 0.6) is 0 Å². The summed E-state index contributed by atoms with van der Waals surface area (Å²) in [7, 11) is 0. The van der Waals surface area contributed by atoms with Crippen molar-refractivity contribution >= 4 is 23.0 Å². The lowest BCUT2D eigenvalue weighted by atomic mass is 10.3. The van der Waals surface area contributed by atoms with Crippen LogP contribution in [0.25, 0.3) is 0 Å². The molecule has 0 saturated heterocycles. The molecule has 0 aliphatic carbocycles. The van der Waals surface area contributed by atoms with E-state index in [0.29, 0.717) is 11.2 Å². The van der Waals surface area contributed by atoms with E-state index in [2.05, 4.69) is 15.6 Å². The van der Waals surface area contributed by atoms with Crippen molar-refractivity contribution in [3.05, 3.63) is 24.0 Å². The highest BCUT2D eigenvalue weighted by atomic mass is 32.1. The molecule has 0 radical (unpaired) electrons. The second-order valence-corrected chi connectivity index (χ2v) is 3.80. The second-order valence-electron chi connectivity index (χ2n) is 3.39. The number of rotatable bonds is 2. The maximum Gasteiger partial charge on any atom is 0.171 e. The van der Waals surface area contributed by atoms with Crippen LogP contribution in [0.3, 0.4) is 0 Å². The summed E-state index contributed by atoms with van der Waals surface area (Å²) in [6.07, 6.45) is 1.76. The third-order valence-corrected chi connectivity index (χ3v) is 1.89. The number of nitrogens with zero attached hydrogens (tertiary/aromatic N) is 1. The number of thiocarbonyl (C=S) groups is 1. The number of aromatic nitrogens is 1. The smallest absolute Gasteiger partial charge is 0.171 e. The van der Waals surface area contributed by atoms with Gasteiger partial charge in [-0.25, -0.2) is 0 Å². The summed E-state index contributed by atoms with van der Waals surface area (Å²) in [5.74, 6) is 0. The Labute approximate surface area is 89.9 Å². The molecule has 4 heteroatoms. The van der Waals surface area contributed by atoms with E-state index in [1.54, 1.807) is 6.20 Å². The van der Waals surface area contributed by atoms with Crippen molar-refractivity contribution in [2.75, 3.05) is 5.32 Å². The molecule has 1 heterocycles. The lowest BCUT2D eigenvalue weighted by Gasteiger charge is -2.13. The van der Waals surface area contributed by atoms with Crippen molar-refractivity contribution in [1.82, 2.24) is 10.3 Å². The van der Waals surface area contributed by atoms with Crippen LogP contribution in [0.1, 0.15) is 19.5 Å². The summed E-state index contributed by atoms with van der Waals surface area (Å²) in [5.41, 5.74) is 1.89. The standard InChI is InChI=1S/C10H15N3S/c1-7(2)12-10(14)13-9-5-4-6-11-8(9)3/h4-7H,1-3H3,(H2,12,13,14). The normalized spacial score (nSPS) is 10.0. The van der Waals surface area contributed by atoms with Gasteiger partial charge >= 0.3 is 0 Å². The van der Waals surface area contributed by atoms with E-state index in [9.17, 15) is 0 Å². The van der Waals surface area contributed by atoms with E-state index in [0.717, 1.165) is 11.4 Å². The molecule has 76 valence electrons. The van der Waals surface area contributed by atoms with Crippen molar-refractivity contribution < 1.29 is 0 Å². The average molecular weight is 209 g/mol. The van der Waals surface area contributed by atoms with E-state index >= 15 is 0 Å². The zero-order valence-corrected chi connectivity index (χ0v) is 9.48. The van der Waals surface area contributed by atoms with Gasteiger partial charge in [0.05, 0.1) is 11.4 Å². The molecule has 0 aliphatic rings. The van der Waals surface area contributed by atoms with Gasteiger partial charge in [-0.1, -0.05) is 0 Å². The lowest BCUT2D eigenvalue weighted by molar-refractivity contribution is 0.739. The van der Waals surface area contributed by atoms with Gasteiger partial charge in [-0.15, -0.1) is 0 Å². The molecule has 0 fully saturated rings. The van der Waals surface area contributed by atoms with Crippen molar-refractivity contribution in [3.63, 3.8) is 0 Å². The van der Waals surface area contributed by atoms with Crippen LogP contribution in [0.4, 0.5) is 5.69 Å². The van der Waals surface area contributed by atoms with Gasteiger partial charge in [-0.05, 0) is 45.1 Å². The van der Waals surface area contributed by atoms with E-state index in [-0.39, 0.29) is 0 Å². The minimum atomic E-state index is 0.340. The minimum absolute atomic E-state index is 0.340. The number of nitrogens with one attached hydrogen (secondary N) is 2. The predicted octanol–water partition coefficient (Wildman–Crippen LogP) is 2.08. The molecule has 2 N–H and O–H groups in total. The summed E-state index contributed by atoms with van der Waals surface area (Å²) in [6, 6.07) is 4.18. The van der Waals surface area contributed by atoms with Crippen LogP contribution in [-0.2, 0) is 0 Å². The van der Waals surface area contributed by atoms with Gasteiger partial charge in [0.2, 0.25) is 0 Å². The Morgan fingerprint density at radius 1 is 1.50 bits per heavy atom. The highest BCUT2D eigenvalue weighted by molar-refractivity contribution is 7.80. The molecule has 3 nitrogen and oxygen atoms in total. The molecule has 1 aromatic rings. The highest BCUT2D eigenvalue weighted by Crippen LogP contribution is 2.09. The topological polar surface area (TPSA) is 37.0 Å². The Morgan fingerprint density at radius 3 is 2.79 bits per heavy atom. The van der Waals surface area contributed by atoms with Gasteiger partial charge in [-0.2, -0.15) is 0 Å². The summed E-state index contributed by atoms with van der Waals surface area (Å²) in [6.45, 7) is 6.04. The molecule has 0 atom stereocenters. The van der Waals surface area contributed by atoms with Crippen molar-refractivity contribution in [2.24, 2.45) is 0 Å². The van der Waals surface area contributed by atoms with E-state index in [4.69, 9.17) is 12.2 Å². The Balaban J connectivity index is 2.61. The predicted molar refractivity (Wildman–Crippen MR) is 63.5 cm³/mol. The Hall–Kier alpha value is -1.16. The van der Waals surface area contributed by atoms with Crippen LogP contribution in [-0.4, -0.2) is 16.1 Å². The summed E-state index contributed by atoms with van der Waals surface area (Å²) >= 11 is 5.12. The zero-order valence-electron chi connectivity index (χ0n) is 8.66. The van der Waals surface area contributed by atoms with Gasteiger partial charge in [0, 0.05) is 12.2 Å². The maximum absolute atomic E-state index is 5.12. The van der Waals surface area contributed by atoms with E-state index < -0.39 is 0 Å². The Bertz CT molecular complexity index is 323. The monoisotopic (exact) mass is 209 g/mol. The number of aryl methyl sites for hydroxylation is 1. The molecular weight excluding hydrogens is 194 g/mol. The van der Waals surface area contributed by atoms with Crippen LogP contribution in [0.2, 0.25) is 0 Å². The molecule has 0 unspecified atom stereocenters. The Kier molecular flexibility index (Phi) is 3.83. The number of anilines is 1. The molecular formula is C10H15N3S. The summed E-state index contributed by atoms with van der Waals surface area (Å²) in [4.78, 5) is 4.16. The first-order valence-electron chi connectivity index (χ1n) is 4.58. The quantitative estimate of drug-likeness (QED) is 0.731.